The minimum absolute atomic E-state index is 0.249. The fourth-order valence-corrected chi connectivity index (χ4v) is 2.92. The molecule has 0 saturated carbocycles. The number of halogens is 2. The van der Waals surface area contributed by atoms with Gasteiger partial charge in [-0.25, -0.2) is 8.78 Å². The molecule has 20 heavy (non-hydrogen) atoms. The van der Waals surface area contributed by atoms with E-state index in [1.54, 1.807) is 11.4 Å². The standard InChI is InChI=1S/C13H16F2N2O2S/c1-7(2)10-4-9(6-20-10)11(18)17-13(19,12(14)15)5-8(3)16-17/h4,6-7,12,19H,5H2,1-3H3/t13-/m0/s1. The van der Waals surface area contributed by atoms with Gasteiger partial charge in [-0.15, -0.1) is 11.3 Å². The summed E-state index contributed by atoms with van der Waals surface area (Å²) in [5, 5.41) is 15.9. The van der Waals surface area contributed by atoms with Crippen molar-refractivity contribution >= 4 is 23.0 Å². The number of aliphatic hydroxyl groups is 1. The van der Waals surface area contributed by atoms with Gasteiger partial charge >= 0.3 is 0 Å². The number of hydrazone groups is 1. The summed E-state index contributed by atoms with van der Waals surface area (Å²) in [6, 6.07) is 1.66. The van der Waals surface area contributed by atoms with Gasteiger partial charge in [0.25, 0.3) is 12.3 Å². The van der Waals surface area contributed by atoms with Crippen LogP contribution in [0.1, 0.15) is 48.3 Å². The molecular weight excluding hydrogens is 286 g/mol. The van der Waals surface area contributed by atoms with Crippen molar-refractivity contribution in [3.63, 3.8) is 0 Å². The molecule has 0 aliphatic carbocycles. The van der Waals surface area contributed by atoms with Crippen molar-refractivity contribution in [2.45, 2.75) is 45.3 Å². The molecule has 1 aromatic rings. The van der Waals surface area contributed by atoms with Gasteiger partial charge in [0.1, 0.15) is 0 Å². The van der Waals surface area contributed by atoms with Crippen LogP contribution >= 0.6 is 11.3 Å². The van der Waals surface area contributed by atoms with Crippen LogP contribution < -0.4 is 0 Å². The molecule has 7 heteroatoms. The van der Waals surface area contributed by atoms with Crippen molar-refractivity contribution < 1.29 is 18.7 Å². The highest BCUT2D eigenvalue weighted by Gasteiger charge is 2.51. The summed E-state index contributed by atoms with van der Waals surface area (Å²) in [6.07, 6.45) is -3.41. The van der Waals surface area contributed by atoms with E-state index in [0.717, 1.165) is 4.88 Å². The van der Waals surface area contributed by atoms with Crippen LogP contribution in [0.15, 0.2) is 16.5 Å². The maximum absolute atomic E-state index is 13.0. The molecule has 110 valence electrons. The van der Waals surface area contributed by atoms with E-state index in [9.17, 15) is 18.7 Å². The number of amides is 1. The molecule has 1 amide bonds. The highest BCUT2D eigenvalue weighted by Crippen LogP contribution is 2.33. The number of hydrogen-bond acceptors (Lipinski definition) is 4. The van der Waals surface area contributed by atoms with Crippen LogP contribution in [0.3, 0.4) is 0 Å². The van der Waals surface area contributed by atoms with Crippen molar-refractivity contribution in [2.24, 2.45) is 5.10 Å². The topological polar surface area (TPSA) is 52.9 Å². The van der Waals surface area contributed by atoms with Crippen molar-refractivity contribution in [1.82, 2.24) is 5.01 Å². The van der Waals surface area contributed by atoms with Crippen molar-refractivity contribution in [3.05, 3.63) is 21.9 Å². The van der Waals surface area contributed by atoms with Crippen LogP contribution in [-0.2, 0) is 0 Å². The molecule has 1 N–H and O–H groups in total. The Bertz CT molecular complexity index is 556. The number of thiophene rings is 1. The summed E-state index contributed by atoms with van der Waals surface area (Å²) in [5.74, 6) is -0.452. The second-order valence-corrected chi connectivity index (χ2v) is 6.14. The summed E-state index contributed by atoms with van der Waals surface area (Å²) < 4.78 is 26.1. The molecule has 2 rings (SSSR count). The second kappa shape index (κ2) is 5.21. The van der Waals surface area contributed by atoms with Crippen LogP contribution in [0.25, 0.3) is 0 Å². The first-order valence-corrected chi connectivity index (χ1v) is 7.11. The first kappa shape index (κ1) is 15.1. The van der Waals surface area contributed by atoms with E-state index in [2.05, 4.69) is 5.10 Å². The molecular formula is C13H16F2N2O2S. The molecule has 0 aromatic carbocycles. The zero-order valence-corrected chi connectivity index (χ0v) is 12.2. The van der Waals surface area contributed by atoms with Crippen LogP contribution in [0, 0.1) is 0 Å². The Kier molecular flexibility index (Phi) is 3.93. The van der Waals surface area contributed by atoms with Crippen LogP contribution in [0.5, 0.6) is 0 Å². The molecule has 1 aliphatic heterocycles. The van der Waals surface area contributed by atoms with E-state index in [-0.39, 0.29) is 17.9 Å². The average molecular weight is 302 g/mol. The number of rotatable bonds is 3. The molecule has 0 radical (unpaired) electrons. The summed E-state index contributed by atoms with van der Waals surface area (Å²) in [7, 11) is 0. The summed E-state index contributed by atoms with van der Waals surface area (Å²) in [6.45, 7) is 5.47. The Labute approximate surface area is 119 Å². The Hall–Kier alpha value is -1.34. The lowest BCUT2D eigenvalue weighted by Gasteiger charge is -2.29. The molecule has 2 heterocycles. The third-order valence-corrected chi connectivity index (χ3v) is 4.36. The lowest BCUT2D eigenvalue weighted by Crippen LogP contribution is -2.51. The monoisotopic (exact) mass is 302 g/mol. The highest BCUT2D eigenvalue weighted by atomic mass is 32.1. The number of hydrogen-bond donors (Lipinski definition) is 1. The molecule has 1 aliphatic rings. The number of carbonyl (C=O) groups excluding carboxylic acids is 1. The summed E-state index contributed by atoms with van der Waals surface area (Å²) >= 11 is 1.39. The van der Waals surface area contributed by atoms with Gasteiger partial charge in [0, 0.05) is 22.4 Å². The predicted molar refractivity (Wildman–Crippen MR) is 73.3 cm³/mol. The minimum Gasteiger partial charge on any atom is -0.364 e. The number of carbonyl (C=O) groups is 1. The minimum atomic E-state index is -3.07. The van der Waals surface area contributed by atoms with E-state index >= 15 is 0 Å². The first-order valence-electron chi connectivity index (χ1n) is 6.23. The Morgan fingerprint density at radius 2 is 2.20 bits per heavy atom. The van der Waals surface area contributed by atoms with E-state index in [0.29, 0.717) is 10.7 Å². The molecule has 1 atom stereocenters. The molecule has 1 aromatic heterocycles. The van der Waals surface area contributed by atoms with Crippen LogP contribution in [0.2, 0.25) is 0 Å². The first-order chi connectivity index (χ1) is 9.25. The maximum Gasteiger partial charge on any atom is 0.287 e. The van der Waals surface area contributed by atoms with Gasteiger partial charge in [0.2, 0.25) is 5.72 Å². The number of nitrogens with zero attached hydrogens (tertiary/aromatic N) is 2. The normalized spacial score (nSPS) is 22.8. The zero-order valence-electron chi connectivity index (χ0n) is 11.4. The van der Waals surface area contributed by atoms with E-state index in [1.807, 2.05) is 13.8 Å². The van der Waals surface area contributed by atoms with Gasteiger partial charge in [0.05, 0.1) is 5.56 Å². The zero-order chi connectivity index (χ0) is 15.1. The van der Waals surface area contributed by atoms with Gasteiger partial charge in [0.15, 0.2) is 0 Å². The number of alkyl halides is 2. The quantitative estimate of drug-likeness (QED) is 0.933. The molecule has 0 spiro atoms. The van der Waals surface area contributed by atoms with E-state index in [1.165, 1.54) is 18.3 Å². The molecule has 0 unspecified atom stereocenters. The lowest BCUT2D eigenvalue weighted by molar-refractivity contribution is -0.164. The summed E-state index contributed by atoms with van der Waals surface area (Å²) in [4.78, 5) is 13.3. The third-order valence-electron chi connectivity index (χ3n) is 3.13. The van der Waals surface area contributed by atoms with Crippen LogP contribution in [0.4, 0.5) is 8.78 Å². The summed E-state index contributed by atoms with van der Waals surface area (Å²) in [5.41, 5.74) is -1.96. The predicted octanol–water partition coefficient (Wildman–Crippen LogP) is 3.05. The lowest BCUT2D eigenvalue weighted by atomic mass is 10.1. The third kappa shape index (κ3) is 2.47. The SMILES string of the molecule is CC1=NN(C(=O)c2csc(C(C)C)c2)[C@@](O)(C(F)F)C1. The fourth-order valence-electron chi connectivity index (χ4n) is 2.02. The van der Waals surface area contributed by atoms with Gasteiger partial charge in [-0.3, -0.25) is 4.79 Å². The Morgan fingerprint density at radius 3 is 2.70 bits per heavy atom. The van der Waals surface area contributed by atoms with Gasteiger partial charge in [-0.05, 0) is 18.9 Å². The van der Waals surface area contributed by atoms with Crippen molar-refractivity contribution in [3.8, 4) is 0 Å². The van der Waals surface area contributed by atoms with Crippen molar-refractivity contribution in [2.75, 3.05) is 0 Å². The highest BCUT2D eigenvalue weighted by molar-refractivity contribution is 7.10. The molecule has 4 nitrogen and oxygen atoms in total. The fraction of sp³-hybridized carbons (Fsp3) is 0.538. The van der Waals surface area contributed by atoms with E-state index in [4.69, 9.17) is 0 Å². The van der Waals surface area contributed by atoms with Gasteiger partial charge < -0.3 is 5.11 Å². The molecule has 0 bridgehead atoms. The maximum atomic E-state index is 13.0. The Balaban J connectivity index is 2.31. The largest absolute Gasteiger partial charge is 0.364 e. The van der Waals surface area contributed by atoms with Gasteiger partial charge in [-0.2, -0.15) is 10.1 Å². The smallest absolute Gasteiger partial charge is 0.287 e. The molecule has 0 fully saturated rings. The van der Waals surface area contributed by atoms with Gasteiger partial charge in [-0.1, -0.05) is 13.8 Å². The van der Waals surface area contributed by atoms with Crippen LogP contribution in [-0.4, -0.2) is 33.9 Å². The van der Waals surface area contributed by atoms with Crippen molar-refractivity contribution in [1.29, 1.82) is 0 Å². The Morgan fingerprint density at radius 1 is 1.55 bits per heavy atom. The van der Waals surface area contributed by atoms with E-state index < -0.39 is 18.1 Å². The average Bonchev–Trinajstić information content (AvgIpc) is 2.94. The second-order valence-electron chi connectivity index (χ2n) is 5.20. The molecule has 0 saturated heterocycles.